The van der Waals surface area contributed by atoms with Crippen LogP contribution in [0.25, 0.3) is 0 Å². The summed E-state index contributed by atoms with van der Waals surface area (Å²) >= 11 is 0. The number of carbonyl (C=O) groups is 3. The van der Waals surface area contributed by atoms with E-state index >= 15 is 0 Å². The van der Waals surface area contributed by atoms with Gasteiger partial charge in [-0.15, -0.1) is 4.73 Å². The van der Waals surface area contributed by atoms with Crippen molar-refractivity contribution in [3.63, 3.8) is 0 Å². The topological polar surface area (TPSA) is 154 Å². The van der Waals surface area contributed by atoms with Crippen LogP contribution in [0.3, 0.4) is 0 Å². The number of nitrogens with zero attached hydrogens (tertiary/aromatic N) is 1. The minimum Gasteiger partial charge on any atom is -0.492 e. The van der Waals surface area contributed by atoms with Gasteiger partial charge in [-0.3, -0.25) is 9.59 Å². The van der Waals surface area contributed by atoms with Gasteiger partial charge in [0.05, 0.1) is 12.8 Å². The fourth-order valence-corrected chi connectivity index (χ4v) is 1.69. The van der Waals surface area contributed by atoms with E-state index < -0.39 is 42.1 Å². The Bertz CT molecular complexity index is 649. The van der Waals surface area contributed by atoms with Gasteiger partial charge in [-0.1, -0.05) is 6.58 Å². The molecule has 1 aromatic rings. The Balaban J connectivity index is 2.41. The van der Waals surface area contributed by atoms with E-state index in [2.05, 4.69) is 11.4 Å². The molecule has 3 N–H and O–H groups in total. The number of ether oxygens (including phenoxy) is 3. The smallest absolute Gasteiger partial charge is 0.333 e. The Labute approximate surface area is 154 Å². The number of rotatable bonds is 11. The molecule has 0 saturated heterocycles. The molecule has 0 aliphatic rings. The average molecular weight is 387 g/mol. The van der Waals surface area contributed by atoms with E-state index in [0.29, 0.717) is 4.73 Å². The van der Waals surface area contributed by atoms with Crippen LogP contribution in [0.1, 0.15) is 19.8 Å². The molecule has 11 heteroatoms. The zero-order valence-electron chi connectivity index (χ0n) is 14.6. The number of hydrogen-bond donors (Lipinski definition) is 3. The van der Waals surface area contributed by atoms with Crippen LogP contribution >= 0.6 is 0 Å². The molecule has 0 aromatic carbocycles. The fraction of sp³-hybridized carbons (Fsp3) is 0.438. The highest BCUT2D eigenvalue weighted by molar-refractivity contribution is 5.77. The van der Waals surface area contributed by atoms with Crippen LogP contribution in [0.15, 0.2) is 24.8 Å². The van der Waals surface area contributed by atoms with Gasteiger partial charge >= 0.3 is 17.9 Å². The third kappa shape index (κ3) is 8.25. The molecule has 0 aliphatic heterocycles. The molecule has 0 spiro atoms. The van der Waals surface area contributed by atoms with Gasteiger partial charge in [-0.05, 0) is 6.08 Å². The van der Waals surface area contributed by atoms with Gasteiger partial charge in [-0.2, -0.15) is 0 Å². The second-order valence-electron chi connectivity index (χ2n) is 5.18. The second kappa shape index (κ2) is 10.8. The van der Waals surface area contributed by atoms with Gasteiger partial charge in [0.25, 0.3) is 0 Å². The molecule has 1 heterocycles. The number of esters is 2. The largest absolute Gasteiger partial charge is 0.492 e. The lowest BCUT2D eigenvalue weighted by Crippen LogP contribution is -2.31. The second-order valence-corrected chi connectivity index (χ2v) is 5.18. The van der Waals surface area contributed by atoms with E-state index in [9.17, 15) is 29.7 Å². The van der Waals surface area contributed by atoms with Gasteiger partial charge in [-0.25, -0.2) is 4.79 Å². The van der Waals surface area contributed by atoms with E-state index in [1.54, 1.807) is 0 Å². The molecule has 2 unspecified atom stereocenters. The molecule has 1 aromatic heterocycles. The van der Waals surface area contributed by atoms with E-state index in [0.717, 1.165) is 18.2 Å². The van der Waals surface area contributed by atoms with Crippen LogP contribution in [-0.4, -0.2) is 63.6 Å². The maximum absolute atomic E-state index is 11.7. The first-order valence-electron chi connectivity index (χ1n) is 7.78. The quantitative estimate of drug-likeness (QED) is 0.260. The van der Waals surface area contributed by atoms with E-state index in [4.69, 9.17) is 14.2 Å². The summed E-state index contributed by atoms with van der Waals surface area (Å²) in [4.78, 5) is 38.8. The first-order chi connectivity index (χ1) is 12.7. The van der Waals surface area contributed by atoms with Gasteiger partial charge in [0.15, 0.2) is 6.29 Å². The maximum atomic E-state index is 11.7. The molecule has 2 atom stereocenters. The summed E-state index contributed by atoms with van der Waals surface area (Å²) in [5.74, 6) is -3.24. The van der Waals surface area contributed by atoms with E-state index in [1.165, 1.54) is 6.92 Å². The Kier molecular flexibility index (Phi) is 8.82. The lowest BCUT2D eigenvalue weighted by molar-refractivity contribution is -0.170. The standard InChI is InChI=1S/C16H21NO10/c1-3-14(21)26-11(8-24-10(2)18)9-25-15(22)6-7-16(23)27-17-12(19)4-5-13(17)20/h3-5,11,14,19-21H,1,6-9H2,2H3. The molecule has 150 valence electrons. The number of hydrogen-bond acceptors (Lipinski definition) is 10. The maximum Gasteiger partial charge on any atom is 0.333 e. The normalized spacial score (nSPS) is 12.7. The van der Waals surface area contributed by atoms with E-state index in [1.807, 2.05) is 0 Å². The van der Waals surface area contributed by atoms with Crippen LogP contribution in [0.5, 0.6) is 11.8 Å². The highest BCUT2D eigenvalue weighted by Gasteiger charge is 2.19. The summed E-state index contributed by atoms with van der Waals surface area (Å²) in [6.07, 6.45) is -1.94. The Morgan fingerprint density at radius 2 is 1.67 bits per heavy atom. The predicted molar refractivity (Wildman–Crippen MR) is 87.3 cm³/mol. The van der Waals surface area contributed by atoms with Crippen molar-refractivity contribution in [2.45, 2.75) is 32.2 Å². The third-order valence-corrected chi connectivity index (χ3v) is 2.96. The highest BCUT2D eigenvalue weighted by Crippen LogP contribution is 2.18. The van der Waals surface area contributed by atoms with Gasteiger partial charge < -0.3 is 34.4 Å². The monoisotopic (exact) mass is 387 g/mol. The van der Waals surface area contributed by atoms with Crippen LogP contribution in [0, 0.1) is 0 Å². The summed E-state index contributed by atoms with van der Waals surface area (Å²) in [5, 5.41) is 28.1. The predicted octanol–water partition coefficient (Wildman–Crippen LogP) is -0.369. The molecule has 0 amide bonds. The molecule has 0 aliphatic carbocycles. The van der Waals surface area contributed by atoms with Crippen molar-refractivity contribution < 1.29 is 48.8 Å². The van der Waals surface area contributed by atoms with Crippen molar-refractivity contribution in [3.05, 3.63) is 24.8 Å². The van der Waals surface area contributed by atoms with Crippen LogP contribution in [0.4, 0.5) is 0 Å². The molecule has 0 radical (unpaired) electrons. The number of carbonyl (C=O) groups excluding carboxylic acids is 3. The molecule has 11 nitrogen and oxygen atoms in total. The van der Waals surface area contributed by atoms with Crippen molar-refractivity contribution >= 4 is 17.9 Å². The van der Waals surface area contributed by atoms with Crippen molar-refractivity contribution in [2.75, 3.05) is 13.2 Å². The highest BCUT2D eigenvalue weighted by atomic mass is 16.7. The summed E-state index contributed by atoms with van der Waals surface area (Å²) in [5.41, 5.74) is 0. The first kappa shape index (κ1) is 22.0. The van der Waals surface area contributed by atoms with Crippen molar-refractivity contribution in [1.82, 2.24) is 4.73 Å². The van der Waals surface area contributed by atoms with Crippen molar-refractivity contribution in [3.8, 4) is 11.8 Å². The molecule has 1 rings (SSSR count). The SMILES string of the molecule is C=CC(O)OC(COC(C)=O)COC(=O)CCC(=O)On1c(O)ccc1O. The third-order valence-electron chi connectivity index (χ3n) is 2.96. The van der Waals surface area contributed by atoms with Crippen LogP contribution in [0.2, 0.25) is 0 Å². The zero-order chi connectivity index (χ0) is 20.4. The Morgan fingerprint density at radius 1 is 1.11 bits per heavy atom. The summed E-state index contributed by atoms with van der Waals surface area (Å²) in [7, 11) is 0. The lowest BCUT2D eigenvalue weighted by atomic mass is 10.3. The number of aliphatic hydroxyl groups is 1. The number of aliphatic hydroxyl groups excluding tert-OH is 1. The van der Waals surface area contributed by atoms with Crippen molar-refractivity contribution in [2.24, 2.45) is 0 Å². The van der Waals surface area contributed by atoms with Gasteiger partial charge in [0, 0.05) is 19.1 Å². The minimum absolute atomic E-state index is 0.262. The average Bonchev–Trinajstić information content (AvgIpc) is 2.93. The number of aromatic nitrogens is 1. The van der Waals surface area contributed by atoms with E-state index in [-0.39, 0.29) is 26.1 Å². The fourth-order valence-electron chi connectivity index (χ4n) is 1.69. The lowest BCUT2D eigenvalue weighted by Gasteiger charge is -2.19. The summed E-state index contributed by atoms with van der Waals surface area (Å²) < 4.78 is 15.2. The molecular weight excluding hydrogens is 366 g/mol. The zero-order valence-corrected chi connectivity index (χ0v) is 14.6. The molecule has 0 bridgehead atoms. The van der Waals surface area contributed by atoms with Gasteiger partial charge in [0.1, 0.15) is 19.3 Å². The van der Waals surface area contributed by atoms with Crippen LogP contribution in [-0.2, 0) is 28.6 Å². The van der Waals surface area contributed by atoms with Crippen LogP contribution < -0.4 is 4.84 Å². The van der Waals surface area contributed by atoms with Gasteiger partial charge in [0.2, 0.25) is 11.8 Å². The Morgan fingerprint density at radius 3 is 2.22 bits per heavy atom. The summed E-state index contributed by atoms with van der Waals surface area (Å²) in [6, 6.07) is 2.22. The molecule has 0 saturated carbocycles. The first-order valence-corrected chi connectivity index (χ1v) is 7.78. The summed E-state index contributed by atoms with van der Waals surface area (Å²) in [6.45, 7) is 3.89. The van der Waals surface area contributed by atoms with Crippen molar-refractivity contribution in [1.29, 1.82) is 0 Å². The molecule has 0 fully saturated rings. The Hall–Kier alpha value is -3.05. The minimum atomic E-state index is -1.35. The molecule has 27 heavy (non-hydrogen) atoms. The number of aromatic hydroxyl groups is 2. The molecular formula is C16H21NO10.